The van der Waals surface area contributed by atoms with Crippen molar-refractivity contribution in [3.05, 3.63) is 17.7 Å². The largest absolute Gasteiger partial charge is 0.313 e. The van der Waals surface area contributed by atoms with Crippen LogP contribution in [0.3, 0.4) is 0 Å². The molecule has 0 aromatic heterocycles. The summed E-state index contributed by atoms with van der Waals surface area (Å²) >= 11 is 0. The lowest BCUT2D eigenvalue weighted by Gasteiger charge is -1.90. The van der Waals surface area contributed by atoms with E-state index in [4.69, 9.17) is 5.41 Å². The summed E-state index contributed by atoms with van der Waals surface area (Å²) in [4.78, 5) is 14.2. The zero-order chi connectivity index (χ0) is 8.10. The Morgan fingerprint density at radius 3 is 3.36 bits per heavy atom. The lowest BCUT2D eigenvalue weighted by Crippen LogP contribution is -1.87. The molecule has 1 aliphatic heterocycles. The fourth-order valence-corrected chi connectivity index (χ4v) is 0.770. The monoisotopic (exact) mass is 148 g/mol. The SMILES string of the molecule is N=CCC1=CCC(=O)N=C=C1. The third-order valence-electron chi connectivity index (χ3n) is 1.32. The van der Waals surface area contributed by atoms with Crippen LogP contribution >= 0.6 is 0 Å². The average Bonchev–Trinajstić information content (AvgIpc) is 2.17. The van der Waals surface area contributed by atoms with Gasteiger partial charge in [-0.1, -0.05) is 6.08 Å². The molecule has 1 N–H and O–H groups in total. The Hall–Kier alpha value is -1.47. The summed E-state index contributed by atoms with van der Waals surface area (Å²) in [6.45, 7) is 0. The number of rotatable bonds is 2. The van der Waals surface area contributed by atoms with E-state index in [1.54, 1.807) is 12.2 Å². The number of carbonyl (C=O) groups is 1. The molecule has 0 aromatic carbocycles. The van der Waals surface area contributed by atoms with Gasteiger partial charge >= 0.3 is 0 Å². The van der Waals surface area contributed by atoms with Crippen molar-refractivity contribution in [3.63, 3.8) is 0 Å². The van der Waals surface area contributed by atoms with Crippen molar-refractivity contribution >= 4 is 18.0 Å². The van der Waals surface area contributed by atoms with E-state index in [0.29, 0.717) is 12.8 Å². The molecule has 3 heteroatoms. The van der Waals surface area contributed by atoms with Gasteiger partial charge in [0.05, 0.1) is 0 Å². The molecule has 0 saturated carbocycles. The van der Waals surface area contributed by atoms with Gasteiger partial charge in [0.2, 0.25) is 0 Å². The van der Waals surface area contributed by atoms with Crippen molar-refractivity contribution in [1.82, 2.24) is 0 Å². The second-order valence-electron chi connectivity index (χ2n) is 2.17. The Bertz CT molecular complexity index is 270. The second-order valence-corrected chi connectivity index (χ2v) is 2.17. The zero-order valence-corrected chi connectivity index (χ0v) is 6.00. The fraction of sp³-hybridized carbons (Fsp3) is 0.250. The predicted molar refractivity (Wildman–Crippen MR) is 43.1 cm³/mol. The van der Waals surface area contributed by atoms with E-state index in [2.05, 4.69) is 10.9 Å². The van der Waals surface area contributed by atoms with Gasteiger partial charge in [0, 0.05) is 18.9 Å². The first-order valence-electron chi connectivity index (χ1n) is 3.33. The van der Waals surface area contributed by atoms with Gasteiger partial charge in [0.1, 0.15) is 0 Å². The van der Waals surface area contributed by atoms with Gasteiger partial charge in [-0.15, -0.1) is 0 Å². The fourth-order valence-electron chi connectivity index (χ4n) is 0.770. The molecule has 0 fully saturated rings. The zero-order valence-electron chi connectivity index (χ0n) is 6.00. The van der Waals surface area contributed by atoms with Gasteiger partial charge in [0.15, 0.2) is 0 Å². The summed E-state index contributed by atoms with van der Waals surface area (Å²) in [7, 11) is 0. The standard InChI is InChI=1S/C8H8N2O/c9-5-3-7-1-2-8(11)10-6-4-7/h1,4-5,9H,2-3H2. The van der Waals surface area contributed by atoms with Crippen LogP contribution in [0.4, 0.5) is 0 Å². The van der Waals surface area contributed by atoms with E-state index in [1.807, 2.05) is 0 Å². The van der Waals surface area contributed by atoms with E-state index in [-0.39, 0.29) is 5.91 Å². The smallest absolute Gasteiger partial charge is 0.257 e. The number of aliphatic imine (C=N–C) groups is 1. The van der Waals surface area contributed by atoms with Gasteiger partial charge in [-0.2, -0.15) is 4.99 Å². The van der Waals surface area contributed by atoms with E-state index >= 15 is 0 Å². The summed E-state index contributed by atoms with van der Waals surface area (Å²) in [5.74, 6) is 2.33. The highest BCUT2D eigenvalue weighted by molar-refractivity contribution is 5.87. The molecule has 0 saturated heterocycles. The minimum absolute atomic E-state index is 0.179. The highest BCUT2D eigenvalue weighted by atomic mass is 16.1. The van der Waals surface area contributed by atoms with Crippen molar-refractivity contribution in [1.29, 1.82) is 5.41 Å². The Labute approximate surface area is 64.7 Å². The van der Waals surface area contributed by atoms with Crippen LogP contribution in [0.15, 0.2) is 22.7 Å². The lowest BCUT2D eigenvalue weighted by molar-refractivity contribution is -0.116. The number of nitrogens with one attached hydrogen (secondary N) is 1. The Balaban J connectivity index is 2.76. The van der Waals surface area contributed by atoms with Gasteiger partial charge in [-0.25, -0.2) is 0 Å². The number of hydrogen-bond acceptors (Lipinski definition) is 2. The van der Waals surface area contributed by atoms with Gasteiger partial charge in [0.25, 0.3) is 5.91 Å². The Kier molecular flexibility index (Phi) is 2.53. The maximum absolute atomic E-state index is 10.7. The van der Waals surface area contributed by atoms with E-state index < -0.39 is 0 Å². The van der Waals surface area contributed by atoms with Crippen molar-refractivity contribution in [2.75, 3.05) is 0 Å². The van der Waals surface area contributed by atoms with Gasteiger partial charge < -0.3 is 5.41 Å². The summed E-state index contributed by atoms with van der Waals surface area (Å²) in [6.07, 6.45) is 5.58. The molecule has 1 amide bonds. The Morgan fingerprint density at radius 1 is 1.82 bits per heavy atom. The summed E-state index contributed by atoms with van der Waals surface area (Å²) < 4.78 is 0. The first-order chi connectivity index (χ1) is 5.33. The third kappa shape index (κ3) is 2.32. The highest BCUT2D eigenvalue weighted by Crippen LogP contribution is 2.04. The molecule has 3 nitrogen and oxygen atoms in total. The average molecular weight is 148 g/mol. The van der Waals surface area contributed by atoms with Crippen LogP contribution in [0.2, 0.25) is 0 Å². The van der Waals surface area contributed by atoms with Crippen molar-refractivity contribution in [2.24, 2.45) is 4.99 Å². The highest BCUT2D eigenvalue weighted by Gasteiger charge is 1.98. The van der Waals surface area contributed by atoms with E-state index in [1.165, 1.54) is 6.21 Å². The van der Waals surface area contributed by atoms with Crippen LogP contribution < -0.4 is 0 Å². The summed E-state index contributed by atoms with van der Waals surface area (Å²) in [6, 6.07) is 0. The van der Waals surface area contributed by atoms with Crippen molar-refractivity contribution in [3.8, 4) is 0 Å². The van der Waals surface area contributed by atoms with Crippen LogP contribution in [0, 0.1) is 5.41 Å². The summed E-state index contributed by atoms with van der Waals surface area (Å²) in [5.41, 5.74) is 0.926. The maximum atomic E-state index is 10.7. The quantitative estimate of drug-likeness (QED) is 0.586. The number of hydrogen-bond donors (Lipinski definition) is 1. The minimum atomic E-state index is -0.179. The van der Waals surface area contributed by atoms with Crippen LogP contribution in [-0.4, -0.2) is 18.0 Å². The predicted octanol–water partition coefficient (Wildman–Crippen LogP) is 1.11. The molecule has 0 atom stereocenters. The molecule has 0 bridgehead atoms. The normalized spacial score (nSPS) is 16.0. The summed E-state index contributed by atoms with van der Waals surface area (Å²) in [5, 5.41) is 6.83. The molecule has 0 aromatic rings. The molecule has 0 aliphatic carbocycles. The first-order valence-corrected chi connectivity index (χ1v) is 3.33. The molecular formula is C8H8N2O. The Morgan fingerprint density at radius 2 is 2.64 bits per heavy atom. The second kappa shape index (κ2) is 3.64. The molecule has 0 unspecified atom stereocenters. The number of nitrogens with zero attached hydrogens (tertiary/aromatic N) is 1. The van der Waals surface area contributed by atoms with E-state index in [0.717, 1.165) is 5.57 Å². The van der Waals surface area contributed by atoms with Gasteiger partial charge in [-0.3, -0.25) is 4.79 Å². The van der Waals surface area contributed by atoms with Crippen LogP contribution in [0.1, 0.15) is 12.8 Å². The maximum Gasteiger partial charge on any atom is 0.257 e. The molecule has 1 heterocycles. The molecule has 11 heavy (non-hydrogen) atoms. The van der Waals surface area contributed by atoms with E-state index in [9.17, 15) is 4.79 Å². The topological polar surface area (TPSA) is 53.3 Å². The van der Waals surface area contributed by atoms with Crippen LogP contribution in [0.25, 0.3) is 0 Å². The lowest BCUT2D eigenvalue weighted by atomic mass is 10.1. The van der Waals surface area contributed by atoms with Crippen LogP contribution in [-0.2, 0) is 4.79 Å². The number of allylic oxidation sites excluding steroid dienone is 2. The molecule has 56 valence electrons. The third-order valence-corrected chi connectivity index (χ3v) is 1.32. The number of amides is 1. The minimum Gasteiger partial charge on any atom is -0.313 e. The van der Waals surface area contributed by atoms with Crippen molar-refractivity contribution in [2.45, 2.75) is 12.8 Å². The molecule has 1 rings (SSSR count). The molecule has 0 spiro atoms. The number of carbonyl (C=O) groups excluding carboxylic acids is 1. The van der Waals surface area contributed by atoms with Gasteiger partial charge in [-0.05, 0) is 17.7 Å². The molecule has 0 radical (unpaired) electrons. The molecule has 1 aliphatic rings. The van der Waals surface area contributed by atoms with Crippen molar-refractivity contribution < 1.29 is 4.79 Å². The first kappa shape index (κ1) is 7.63. The van der Waals surface area contributed by atoms with Crippen LogP contribution in [0.5, 0.6) is 0 Å². The molecular weight excluding hydrogens is 140 g/mol.